The second-order valence-electron chi connectivity index (χ2n) is 3.59. The van der Waals surface area contributed by atoms with Crippen LogP contribution in [-0.4, -0.2) is 32.9 Å². The summed E-state index contributed by atoms with van der Waals surface area (Å²) in [4.78, 5) is 10.7. The van der Waals surface area contributed by atoms with Gasteiger partial charge in [0.2, 0.25) is 0 Å². The van der Waals surface area contributed by atoms with Crippen molar-refractivity contribution in [1.29, 1.82) is 0 Å². The molecular formula is C13H18O3S. The predicted octanol–water partition coefficient (Wildman–Crippen LogP) is 2.78. The lowest BCUT2D eigenvalue weighted by Gasteiger charge is -2.08. The van der Waals surface area contributed by atoms with Gasteiger partial charge in [-0.15, -0.1) is 0 Å². The van der Waals surface area contributed by atoms with E-state index in [4.69, 9.17) is 9.47 Å². The lowest BCUT2D eigenvalue weighted by atomic mass is 10.1. The highest BCUT2D eigenvalue weighted by atomic mass is 32.2. The number of carbonyl (C=O) groups is 1. The number of thioether (sulfide) groups is 1. The summed E-state index contributed by atoms with van der Waals surface area (Å²) < 4.78 is 10.3. The molecule has 0 aliphatic heterocycles. The largest absolute Gasteiger partial charge is 0.496 e. The lowest BCUT2D eigenvalue weighted by molar-refractivity contribution is 0.112. The van der Waals surface area contributed by atoms with Gasteiger partial charge in [-0.05, 0) is 30.4 Å². The molecule has 0 saturated heterocycles. The van der Waals surface area contributed by atoms with Crippen molar-refractivity contribution in [3.8, 4) is 5.75 Å². The van der Waals surface area contributed by atoms with Crippen molar-refractivity contribution < 1.29 is 14.3 Å². The van der Waals surface area contributed by atoms with Gasteiger partial charge >= 0.3 is 0 Å². The third-order valence-electron chi connectivity index (χ3n) is 2.34. The minimum absolute atomic E-state index is 0.693. The second-order valence-corrected chi connectivity index (χ2v) is 4.69. The van der Waals surface area contributed by atoms with Crippen LogP contribution in [0.1, 0.15) is 22.3 Å². The Kier molecular flexibility index (Phi) is 6.74. The summed E-state index contributed by atoms with van der Waals surface area (Å²) in [5.41, 5.74) is 1.76. The van der Waals surface area contributed by atoms with Crippen molar-refractivity contribution in [1.82, 2.24) is 0 Å². The van der Waals surface area contributed by atoms with Crippen molar-refractivity contribution in [2.75, 3.05) is 26.6 Å². The van der Waals surface area contributed by atoms with Crippen molar-refractivity contribution in [3.05, 3.63) is 29.3 Å². The molecule has 0 radical (unpaired) electrons. The lowest BCUT2D eigenvalue weighted by Crippen LogP contribution is -1.94. The summed E-state index contributed by atoms with van der Waals surface area (Å²) in [6.45, 7) is 0.790. The average molecular weight is 254 g/mol. The predicted molar refractivity (Wildman–Crippen MR) is 71.0 cm³/mol. The third kappa shape index (κ3) is 4.79. The first-order valence-electron chi connectivity index (χ1n) is 5.50. The minimum Gasteiger partial charge on any atom is -0.496 e. The van der Waals surface area contributed by atoms with Gasteiger partial charge in [-0.25, -0.2) is 0 Å². The average Bonchev–Trinajstić information content (AvgIpc) is 2.38. The Morgan fingerprint density at radius 3 is 2.82 bits per heavy atom. The number of rotatable bonds is 8. The molecule has 0 spiro atoms. The molecule has 0 fully saturated rings. The van der Waals surface area contributed by atoms with Crippen LogP contribution in [0, 0.1) is 0 Å². The van der Waals surface area contributed by atoms with Gasteiger partial charge in [0.15, 0.2) is 0 Å². The topological polar surface area (TPSA) is 35.5 Å². The van der Waals surface area contributed by atoms with Gasteiger partial charge in [0, 0.05) is 30.6 Å². The third-order valence-corrected chi connectivity index (χ3v) is 3.43. The number of aldehydes is 1. The summed E-state index contributed by atoms with van der Waals surface area (Å²) in [5, 5.41) is 0. The molecule has 1 aromatic rings. The normalized spacial score (nSPS) is 10.2. The molecule has 4 heteroatoms. The minimum atomic E-state index is 0.693. The van der Waals surface area contributed by atoms with E-state index in [0.29, 0.717) is 5.56 Å². The molecular weight excluding hydrogens is 236 g/mol. The van der Waals surface area contributed by atoms with Crippen LogP contribution < -0.4 is 4.74 Å². The smallest absolute Gasteiger partial charge is 0.150 e. The zero-order valence-corrected chi connectivity index (χ0v) is 11.1. The molecule has 3 nitrogen and oxygen atoms in total. The Bertz CT molecular complexity index is 353. The van der Waals surface area contributed by atoms with E-state index >= 15 is 0 Å². The zero-order valence-electron chi connectivity index (χ0n) is 10.3. The Morgan fingerprint density at radius 2 is 2.18 bits per heavy atom. The van der Waals surface area contributed by atoms with Crippen LogP contribution in [0.2, 0.25) is 0 Å². The molecule has 1 rings (SSSR count). The van der Waals surface area contributed by atoms with Gasteiger partial charge in [0.25, 0.3) is 0 Å². The highest BCUT2D eigenvalue weighted by Crippen LogP contribution is 2.24. The SMILES string of the molecule is COCCCSCc1cc(C=O)ccc1OC. The number of hydrogen-bond acceptors (Lipinski definition) is 4. The van der Waals surface area contributed by atoms with Gasteiger partial charge < -0.3 is 9.47 Å². The standard InChI is InChI=1S/C13H18O3S/c1-15-6-3-7-17-10-12-8-11(9-14)4-5-13(12)16-2/h4-5,8-9H,3,6-7,10H2,1-2H3. The van der Waals surface area contributed by atoms with Crippen molar-refractivity contribution in [2.24, 2.45) is 0 Å². The van der Waals surface area contributed by atoms with Gasteiger partial charge in [-0.2, -0.15) is 11.8 Å². The number of methoxy groups -OCH3 is 2. The number of benzene rings is 1. The van der Waals surface area contributed by atoms with Crippen LogP contribution in [0.25, 0.3) is 0 Å². The molecule has 1 aromatic carbocycles. The van der Waals surface area contributed by atoms with E-state index in [2.05, 4.69) is 0 Å². The molecule has 0 bridgehead atoms. The first kappa shape index (κ1) is 14.1. The van der Waals surface area contributed by atoms with Gasteiger partial charge in [-0.1, -0.05) is 0 Å². The zero-order chi connectivity index (χ0) is 12.5. The molecule has 0 amide bonds. The molecule has 94 valence electrons. The van der Waals surface area contributed by atoms with Gasteiger partial charge in [0.05, 0.1) is 7.11 Å². The van der Waals surface area contributed by atoms with Crippen LogP contribution in [0.15, 0.2) is 18.2 Å². The van der Waals surface area contributed by atoms with Gasteiger partial charge in [0.1, 0.15) is 12.0 Å². The molecule has 0 atom stereocenters. The molecule has 17 heavy (non-hydrogen) atoms. The number of carbonyl (C=O) groups excluding carboxylic acids is 1. The molecule has 0 unspecified atom stereocenters. The summed E-state index contributed by atoms with van der Waals surface area (Å²) in [7, 11) is 3.36. The highest BCUT2D eigenvalue weighted by Gasteiger charge is 2.04. The van der Waals surface area contributed by atoms with E-state index in [1.54, 1.807) is 20.3 Å². The number of hydrogen-bond donors (Lipinski definition) is 0. The van der Waals surface area contributed by atoms with E-state index in [1.165, 1.54) is 0 Å². The molecule has 0 heterocycles. The van der Waals surface area contributed by atoms with E-state index < -0.39 is 0 Å². The Balaban J connectivity index is 2.52. The highest BCUT2D eigenvalue weighted by molar-refractivity contribution is 7.98. The maximum Gasteiger partial charge on any atom is 0.150 e. The molecule has 0 saturated carbocycles. The van der Waals surface area contributed by atoms with Crippen molar-refractivity contribution in [3.63, 3.8) is 0 Å². The maximum atomic E-state index is 10.7. The van der Waals surface area contributed by atoms with E-state index in [-0.39, 0.29) is 0 Å². The Morgan fingerprint density at radius 1 is 1.35 bits per heavy atom. The molecule has 0 N–H and O–H groups in total. The van der Waals surface area contributed by atoms with Crippen LogP contribution in [0.5, 0.6) is 5.75 Å². The summed E-state index contributed by atoms with van der Waals surface area (Å²) in [6.07, 6.45) is 1.90. The Hall–Kier alpha value is -1.00. The summed E-state index contributed by atoms with van der Waals surface area (Å²) in [5.74, 6) is 2.74. The second kappa shape index (κ2) is 8.14. The van der Waals surface area contributed by atoms with Crippen LogP contribution in [0.4, 0.5) is 0 Å². The van der Waals surface area contributed by atoms with Crippen LogP contribution in [-0.2, 0) is 10.5 Å². The van der Waals surface area contributed by atoms with Crippen molar-refractivity contribution in [2.45, 2.75) is 12.2 Å². The monoisotopic (exact) mass is 254 g/mol. The van der Waals surface area contributed by atoms with Crippen molar-refractivity contribution >= 4 is 18.0 Å². The first-order valence-corrected chi connectivity index (χ1v) is 6.66. The fourth-order valence-corrected chi connectivity index (χ4v) is 2.38. The van der Waals surface area contributed by atoms with E-state index in [1.807, 2.05) is 23.9 Å². The molecule has 0 aliphatic carbocycles. The Labute approximate surface area is 106 Å². The fraction of sp³-hybridized carbons (Fsp3) is 0.462. The molecule has 0 aliphatic rings. The summed E-state index contributed by atoms with van der Waals surface area (Å²) in [6, 6.07) is 5.49. The van der Waals surface area contributed by atoms with Crippen LogP contribution in [0.3, 0.4) is 0 Å². The quantitative estimate of drug-likeness (QED) is 0.528. The molecule has 0 aromatic heterocycles. The fourth-order valence-electron chi connectivity index (χ4n) is 1.47. The van der Waals surface area contributed by atoms with E-state index in [9.17, 15) is 4.79 Å². The van der Waals surface area contributed by atoms with E-state index in [0.717, 1.165) is 42.1 Å². The van der Waals surface area contributed by atoms with Gasteiger partial charge in [-0.3, -0.25) is 4.79 Å². The summed E-state index contributed by atoms with van der Waals surface area (Å²) >= 11 is 1.82. The number of ether oxygens (including phenoxy) is 2. The van der Waals surface area contributed by atoms with Crippen LogP contribution >= 0.6 is 11.8 Å². The first-order chi connectivity index (χ1) is 8.31. The maximum absolute atomic E-state index is 10.7.